The van der Waals surface area contributed by atoms with Gasteiger partial charge in [0, 0.05) is 5.56 Å². The average molecular weight is 504 g/mol. The topological polar surface area (TPSA) is 137 Å². The van der Waals surface area contributed by atoms with Gasteiger partial charge in [0.1, 0.15) is 23.9 Å². The average Bonchev–Trinajstić information content (AvgIpc) is 3.44. The molecule has 1 amide bonds. The molecule has 188 valence electrons. The SMILES string of the molecule is Cc1nc(-c2nc(-c3ccc(OC(F)(F)F)cc3)no2)nn1Cc1cccc(OCCNC(=O)O)c1. The molecule has 0 spiro atoms. The first-order chi connectivity index (χ1) is 17.2. The number of aromatic nitrogens is 5. The van der Waals surface area contributed by atoms with E-state index in [0.717, 1.165) is 17.7 Å². The summed E-state index contributed by atoms with van der Waals surface area (Å²) in [6.07, 6.45) is -5.90. The number of nitrogens with one attached hydrogen (secondary N) is 1. The molecule has 2 N–H and O–H groups in total. The van der Waals surface area contributed by atoms with E-state index < -0.39 is 12.5 Å². The summed E-state index contributed by atoms with van der Waals surface area (Å²) in [6.45, 7) is 2.46. The van der Waals surface area contributed by atoms with Crippen LogP contribution in [-0.2, 0) is 6.54 Å². The van der Waals surface area contributed by atoms with Gasteiger partial charge in [-0.25, -0.2) is 14.5 Å². The first-order valence-corrected chi connectivity index (χ1v) is 10.5. The maximum atomic E-state index is 12.3. The number of ether oxygens (including phenoxy) is 2. The van der Waals surface area contributed by atoms with Crippen LogP contribution in [0.1, 0.15) is 11.4 Å². The number of nitrogens with zero attached hydrogens (tertiary/aromatic N) is 5. The molecule has 0 unspecified atom stereocenters. The van der Waals surface area contributed by atoms with Crippen LogP contribution in [0.5, 0.6) is 11.5 Å². The van der Waals surface area contributed by atoms with E-state index in [9.17, 15) is 18.0 Å². The fourth-order valence-electron chi connectivity index (χ4n) is 3.13. The zero-order chi connectivity index (χ0) is 25.7. The molecule has 11 nitrogen and oxygen atoms in total. The van der Waals surface area contributed by atoms with Gasteiger partial charge in [-0.05, 0) is 48.9 Å². The molecule has 4 rings (SSSR count). The Morgan fingerprint density at radius 3 is 2.61 bits per heavy atom. The molecule has 14 heteroatoms. The lowest BCUT2D eigenvalue weighted by molar-refractivity contribution is -0.274. The summed E-state index contributed by atoms with van der Waals surface area (Å²) in [4.78, 5) is 19.1. The Bertz CT molecular complexity index is 1340. The Balaban J connectivity index is 1.42. The van der Waals surface area contributed by atoms with Crippen molar-refractivity contribution in [1.29, 1.82) is 0 Å². The molecule has 0 fully saturated rings. The lowest BCUT2D eigenvalue weighted by Crippen LogP contribution is -2.26. The molecule has 2 aromatic carbocycles. The summed E-state index contributed by atoms with van der Waals surface area (Å²) in [5.41, 5.74) is 1.29. The van der Waals surface area contributed by atoms with Crippen molar-refractivity contribution < 1.29 is 37.1 Å². The quantitative estimate of drug-likeness (QED) is 0.325. The van der Waals surface area contributed by atoms with Crippen LogP contribution >= 0.6 is 0 Å². The summed E-state index contributed by atoms with van der Waals surface area (Å²) < 4.78 is 53.3. The van der Waals surface area contributed by atoms with E-state index in [1.165, 1.54) is 12.1 Å². The van der Waals surface area contributed by atoms with Gasteiger partial charge >= 0.3 is 12.5 Å². The number of amides is 1. The Labute approximate surface area is 201 Å². The number of carbonyl (C=O) groups is 1. The molecule has 0 saturated heterocycles. The smallest absolute Gasteiger partial charge is 0.492 e. The highest BCUT2D eigenvalue weighted by Crippen LogP contribution is 2.26. The van der Waals surface area contributed by atoms with Crippen LogP contribution < -0.4 is 14.8 Å². The molecule has 36 heavy (non-hydrogen) atoms. The molecule has 4 aromatic rings. The van der Waals surface area contributed by atoms with Crippen molar-refractivity contribution in [1.82, 2.24) is 30.2 Å². The summed E-state index contributed by atoms with van der Waals surface area (Å²) >= 11 is 0. The maximum Gasteiger partial charge on any atom is 0.573 e. The number of hydrogen-bond donors (Lipinski definition) is 2. The minimum atomic E-state index is -4.78. The summed E-state index contributed by atoms with van der Waals surface area (Å²) in [5.74, 6) is 1.18. The summed E-state index contributed by atoms with van der Waals surface area (Å²) in [7, 11) is 0. The van der Waals surface area contributed by atoms with Crippen LogP contribution in [0.15, 0.2) is 53.1 Å². The second-order valence-corrected chi connectivity index (χ2v) is 7.36. The third-order valence-electron chi connectivity index (χ3n) is 4.70. The fraction of sp³-hybridized carbons (Fsp3) is 0.227. The molecule has 2 aromatic heterocycles. The predicted octanol–water partition coefficient (Wildman–Crippen LogP) is 3.90. The highest BCUT2D eigenvalue weighted by atomic mass is 19.4. The van der Waals surface area contributed by atoms with Crippen LogP contribution in [-0.4, -0.2) is 55.6 Å². The molecule has 2 heterocycles. The molecule has 0 aliphatic heterocycles. The van der Waals surface area contributed by atoms with E-state index in [0.29, 0.717) is 23.7 Å². The van der Waals surface area contributed by atoms with Gasteiger partial charge in [-0.3, -0.25) is 0 Å². The lowest BCUT2D eigenvalue weighted by atomic mass is 10.2. The Kier molecular flexibility index (Phi) is 7.03. The summed E-state index contributed by atoms with van der Waals surface area (Å²) in [5, 5.41) is 19.1. The standard InChI is InChI=1S/C22H19F3N6O5/c1-13-27-19(20-28-18(30-36-20)15-5-7-16(8-6-15)35-22(23,24)25)29-31(13)12-14-3-2-4-17(11-14)34-10-9-26-21(32)33/h2-8,11,26H,9-10,12H2,1H3,(H,32,33). The normalized spacial score (nSPS) is 11.3. The van der Waals surface area contributed by atoms with E-state index in [4.69, 9.17) is 14.4 Å². The van der Waals surface area contributed by atoms with Crippen molar-refractivity contribution in [3.8, 4) is 34.6 Å². The van der Waals surface area contributed by atoms with Crippen LogP contribution in [0.2, 0.25) is 0 Å². The zero-order valence-corrected chi connectivity index (χ0v) is 18.7. The minimum absolute atomic E-state index is 0.0467. The molecular weight excluding hydrogens is 485 g/mol. The van der Waals surface area contributed by atoms with Gasteiger partial charge in [0.25, 0.3) is 5.89 Å². The number of halogens is 3. The van der Waals surface area contributed by atoms with Crippen molar-refractivity contribution in [2.45, 2.75) is 19.8 Å². The third-order valence-corrected chi connectivity index (χ3v) is 4.70. The van der Waals surface area contributed by atoms with E-state index >= 15 is 0 Å². The second kappa shape index (κ2) is 10.3. The van der Waals surface area contributed by atoms with Crippen LogP contribution in [0, 0.1) is 6.92 Å². The van der Waals surface area contributed by atoms with Gasteiger partial charge < -0.3 is 24.4 Å². The molecule has 0 bridgehead atoms. The fourth-order valence-corrected chi connectivity index (χ4v) is 3.13. The second-order valence-electron chi connectivity index (χ2n) is 7.36. The van der Waals surface area contributed by atoms with Crippen molar-refractivity contribution >= 4 is 6.09 Å². The van der Waals surface area contributed by atoms with Crippen LogP contribution in [0.4, 0.5) is 18.0 Å². The highest BCUT2D eigenvalue weighted by molar-refractivity contribution is 5.64. The van der Waals surface area contributed by atoms with Gasteiger partial charge in [0.05, 0.1) is 13.1 Å². The third kappa shape index (κ3) is 6.49. The molecule has 0 saturated carbocycles. The van der Waals surface area contributed by atoms with Gasteiger partial charge in [0.2, 0.25) is 11.6 Å². The van der Waals surface area contributed by atoms with Gasteiger partial charge in [-0.1, -0.05) is 17.3 Å². The van der Waals surface area contributed by atoms with E-state index in [2.05, 4.69) is 30.3 Å². The van der Waals surface area contributed by atoms with Crippen LogP contribution in [0.3, 0.4) is 0 Å². The molecule has 0 aliphatic rings. The van der Waals surface area contributed by atoms with Gasteiger partial charge in [-0.2, -0.15) is 4.98 Å². The zero-order valence-electron chi connectivity index (χ0n) is 18.7. The number of hydrogen-bond acceptors (Lipinski definition) is 8. The maximum absolute atomic E-state index is 12.3. The molecule has 0 radical (unpaired) electrons. The Hall–Kier alpha value is -4.62. The Morgan fingerprint density at radius 2 is 1.89 bits per heavy atom. The van der Waals surface area contributed by atoms with E-state index in [1.807, 2.05) is 6.07 Å². The monoisotopic (exact) mass is 504 g/mol. The van der Waals surface area contributed by atoms with Crippen molar-refractivity contribution in [2.24, 2.45) is 0 Å². The lowest BCUT2D eigenvalue weighted by Gasteiger charge is -2.08. The van der Waals surface area contributed by atoms with Gasteiger partial charge in [-0.15, -0.1) is 18.3 Å². The minimum Gasteiger partial charge on any atom is -0.492 e. The largest absolute Gasteiger partial charge is 0.573 e. The van der Waals surface area contributed by atoms with E-state index in [1.54, 1.807) is 29.8 Å². The van der Waals surface area contributed by atoms with Crippen molar-refractivity contribution in [2.75, 3.05) is 13.2 Å². The van der Waals surface area contributed by atoms with Crippen LogP contribution in [0.25, 0.3) is 23.1 Å². The first kappa shape index (κ1) is 24.5. The number of benzene rings is 2. The predicted molar refractivity (Wildman–Crippen MR) is 117 cm³/mol. The Morgan fingerprint density at radius 1 is 1.11 bits per heavy atom. The first-order valence-electron chi connectivity index (χ1n) is 10.5. The highest BCUT2D eigenvalue weighted by Gasteiger charge is 2.31. The number of rotatable bonds is 9. The van der Waals surface area contributed by atoms with Crippen molar-refractivity contribution in [3.05, 3.63) is 59.9 Å². The molecular formula is C22H19F3N6O5. The number of aryl methyl sites for hydroxylation is 1. The van der Waals surface area contributed by atoms with Gasteiger partial charge in [0.15, 0.2) is 0 Å². The molecule has 0 atom stereocenters. The summed E-state index contributed by atoms with van der Waals surface area (Å²) in [6, 6.07) is 12.3. The van der Waals surface area contributed by atoms with E-state index in [-0.39, 0.29) is 36.4 Å². The van der Waals surface area contributed by atoms with Crippen molar-refractivity contribution in [3.63, 3.8) is 0 Å². The number of alkyl halides is 3. The molecule has 0 aliphatic carbocycles. The number of carboxylic acid groups (broad SMARTS) is 1.